The number of aryl methyl sites for hydroxylation is 1. The molecule has 3 aromatic rings. The van der Waals surface area contributed by atoms with E-state index < -0.39 is 0 Å². The second kappa shape index (κ2) is 9.63. The molecule has 0 saturated carbocycles. The molecule has 0 atom stereocenters. The van der Waals surface area contributed by atoms with E-state index in [-0.39, 0.29) is 12.3 Å². The van der Waals surface area contributed by atoms with E-state index in [0.29, 0.717) is 26.4 Å². The monoisotopic (exact) mass is 424 g/mol. The number of nitrogens with one attached hydrogen (secondary N) is 1. The fourth-order valence-corrected chi connectivity index (χ4v) is 3.80. The van der Waals surface area contributed by atoms with Crippen LogP contribution in [0.25, 0.3) is 0 Å². The first-order valence-electron chi connectivity index (χ1n) is 9.94. The molecule has 0 spiro atoms. The Labute approximate surface area is 179 Å². The number of hydrogen-bond acceptors (Lipinski definition) is 6. The highest BCUT2D eigenvalue weighted by Crippen LogP contribution is 2.30. The third kappa shape index (κ3) is 5.51. The van der Waals surface area contributed by atoms with E-state index in [2.05, 4.69) is 10.3 Å². The predicted molar refractivity (Wildman–Crippen MR) is 115 cm³/mol. The van der Waals surface area contributed by atoms with Gasteiger partial charge >= 0.3 is 0 Å². The smallest absolute Gasteiger partial charge is 0.226 e. The average molecular weight is 425 g/mol. The Hall–Kier alpha value is -3.06. The summed E-state index contributed by atoms with van der Waals surface area (Å²) in [6.07, 6.45) is 0.997. The fraction of sp³-hybridized carbons (Fsp3) is 0.304. The standard InChI is InChI=1S/C23H24N2O4S/c1-16-2-5-19(6-3-16)29-14-23-25-18(15-30-23)13-22(26)24-9-8-17-4-7-20-21(12-17)28-11-10-27-20/h2-7,12,15H,8-11,13-14H2,1H3,(H,24,26). The molecule has 2 aromatic carbocycles. The summed E-state index contributed by atoms with van der Waals surface area (Å²) in [4.78, 5) is 16.7. The highest BCUT2D eigenvalue weighted by molar-refractivity contribution is 7.09. The molecule has 1 aliphatic rings. The summed E-state index contributed by atoms with van der Waals surface area (Å²) in [5, 5.41) is 5.72. The second-order valence-corrected chi connectivity index (χ2v) is 8.03. The summed E-state index contributed by atoms with van der Waals surface area (Å²) >= 11 is 1.51. The van der Waals surface area contributed by atoms with E-state index in [1.54, 1.807) is 0 Å². The van der Waals surface area contributed by atoms with Crippen LogP contribution in [0.3, 0.4) is 0 Å². The van der Waals surface area contributed by atoms with Crippen molar-refractivity contribution in [2.45, 2.75) is 26.4 Å². The first kappa shape index (κ1) is 20.2. The molecule has 0 saturated heterocycles. The van der Waals surface area contributed by atoms with Crippen LogP contribution in [-0.4, -0.2) is 30.6 Å². The molecule has 156 valence electrons. The number of carbonyl (C=O) groups excluding carboxylic acids is 1. The zero-order chi connectivity index (χ0) is 20.8. The SMILES string of the molecule is Cc1ccc(OCc2nc(CC(=O)NCCc3ccc4c(c3)OCCO4)cs2)cc1. The minimum Gasteiger partial charge on any atom is -0.486 e. The number of fused-ring (bicyclic) bond motifs is 1. The predicted octanol–water partition coefficient (Wildman–Crippen LogP) is 3.70. The van der Waals surface area contributed by atoms with Crippen molar-refractivity contribution >= 4 is 17.2 Å². The zero-order valence-electron chi connectivity index (χ0n) is 16.8. The van der Waals surface area contributed by atoms with Gasteiger partial charge in [0.05, 0.1) is 12.1 Å². The Kier molecular flexibility index (Phi) is 6.49. The van der Waals surface area contributed by atoms with E-state index in [0.717, 1.165) is 39.9 Å². The van der Waals surface area contributed by atoms with Crippen LogP contribution in [0, 0.1) is 6.92 Å². The summed E-state index contributed by atoms with van der Waals surface area (Å²) < 4.78 is 16.9. The Morgan fingerprint density at radius 2 is 1.93 bits per heavy atom. The molecule has 6 nitrogen and oxygen atoms in total. The van der Waals surface area contributed by atoms with Crippen molar-refractivity contribution in [3.05, 3.63) is 69.7 Å². The van der Waals surface area contributed by atoms with Crippen molar-refractivity contribution < 1.29 is 19.0 Å². The normalized spacial score (nSPS) is 12.4. The maximum absolute atomic E-state index is 12.2. The van der Waals surface area contributed by atoms with Gasteiger partial charge in [-0.1, -0.05) is 23.8 Å². The number of amides is 1. The number of ether oxygens (including phenoxy) is 3. The Morgan fingerprint density at radius 1 is 1.13 bits per heavy atom. The minimum atomic E-state index is -0.0381. The molecular formula is C23H24N2O4S. The second-order valence-electron chi connectivity index (χ2n) is 7.09. The van der Waals surface area contributed by atoms with Gasteiger partial charge in [0.15, 0.2) is 11.5 Å². The van der Waals surface area contributed by atoms with Crippen LogP contribution in [0.2, 0.25) is 0 Å². The Balaban J connectivity index is 1.20. The number of carbonyl (C=O) groups is 1. The number of nitrogens with zero attached hydrogens (tertiary/aromatic N) is 1. The van der Waals surface area contributed by atoms with Crippen LogP contribution in [0.1, 0.15) is 21.8 Å². The Bertz CT molecular complexity index is 1000. The molecule has 0 fully saturated rings. The van der Waals surface area contributed by atoms with E-state index in [9.17, 15) is 4.79 Å². The van der Waals surface area contributed by atoms with E-state index in [1.807, 2.05) is 54.8 Å². The number of hydrogen-bond donors (Lipinski definition) is 1. The molecule has 2 heterocycles. The van der Waals surface area contributed by atoms with E-state index in [4.69, 9.17) is 14.2 Å². The highest BCUT2D eigenvalue weighted by Gasteiger charge is 2.12. The molecule has 0 unspecified atom stereocenters. The fourth-order valence-electron chi connectivity index (χ4n) is 3.09. The lowest BCUT2D eigenvalue weighted by atomic mass is 10.1. The van der Waals surface area contributed by atoms with Crippen molar-refractivity contribution in [1.82, 2.24) is 10.3 Å². The molecular weight excluding hydrogens is 400 g/mol. The van der Waals surface area contributed by atoms with Gasteiger partial charge in [0.1, 0.15) is 30.6 Å². The Morgan fingerprint density at radius 3 is 2.77 bits per heavy atom. The summed E-state index contributed by atoms with van der Waals surface area (Å²) in [6.45, 7) is 4.15. The highest BCUT2D eigenvalue weighted by atomic mass is 32.1. The van der Waals surface area contributed by atoms with Crippen molar-refractivity contribution in [3.8, 4) is 17.2 Å². The van der Waals surface area contributed by atoms with E-state index >= 15 is 0 Å². The zero-order valence-corrected chi connectivity index (χ0v) is 17.7. The average Bonchev–Trinajstić information content (AvgIpc) is 3.20. The minimum absolute atomic E-state index is 0.0381. The molecule has 1 aliphatic heterocycles. The molecule has 7 heteroatoms. The van der Waals surface area contributed by atoms with Gasteiger partial charge in [0.2, 0.25) is 5.91 Å². The summed E-state index contributed by atoms with van der Waals surface area (Å²) in [5.41, 5.74) is 3.06. The number of benzene rings is 2. The molecule has 1 aromatic heterocycles. The van der Waals surface area contributed by atoms with Crippen molar-refractivity contribution in [1.29, 1.82) is 0 Å². The first-order chi connectivity index (χ1) is 14.7. The van der Waals surface area contributed by atoms with Crippen molar-refractivity contribution in [3.63, 3.8) is 0 Å². The van der Waals surface area contributed by atoms with Crippen molar-refractivity contribution in [2.75, 3.05) is 19.8 Å². The maximum atomic E-state index is 12.2. The molecule has 0 bridgehead atoms. The quantitative estimate of drug-likeness (QED) is 0.597. The van der Waals surface area contributed by atoms with E-state index in [1.165, 1.54) is 16.9 Å². The summed E-state index contributed by atoms with van der Waals surface area (Å²) in [5.74, 6) is 2.32. The molecule has 0 radical (unpaired) electrons. The van der Waals surface area contributed by atoms with Gasteiger partial charge in [0, 0.05) is 11.9 Å². The van der Waals surface area contributed by atoms with Crippen molar-refractivity contribution in [2.24, 2.45) is 0 Å². The third-order valence-corrected chi connectivity index (χ3v) is 5.54. The van der Waals surface area contributed by atoms with Crippen LogP contribution in [-0.2, 0) is 24.2 Å². The van der Waals surface area contributed by atoms with Gasteiger partial charge in [-0.3, -0.25) is 4.79 Å². The summed E-state index contributed by atoms with van der Waals surface area (Å²) in [6, 6.07) is 13.8. The molecule has 1 amide bonds. The third-order valence-electron chi connectivity index (χ3n) is 4.67. The van der Waals surface area contributed by atoms with Gasteiger partial charge in [-0.15, -0.1) is 11.3 Å². The molecule has 1 N–H and O–H groups in total. The largest absolute Gasteiger partial charge is 0.486 e. The van der Waals surface area contributed by atoms with Crippen LogP contribution >= 0.6 is 11.3 Å². The van der Waals surface area contributed by atoms with Crippen LogP contribution in [0.5, 0.6) is 17.2 Å². The number of rotatable bonds is 8. The van der Waals surface area contributed by atoms with Gasteiger partial charge in [-0.25, -0.2) is 4.98 Å². The van der Waals surface area contributed by atoms with Gasteiger partial charge in [0.25, 0.3) is 0 Å². The number of thiazole rings is 1. The van der Waals surface area contributed by atoms with Crippen LogP contribution < -0.4 is 19.5 Å². The number of aromatic nitrogens is 1. The maximum Gasteiger partial charge on any atom is 0.226 e. The van der Waals surface area contributed by atoms with Gasteiger partial charge in [-0.2, -0.15) is 0 Å². The lowest BCUT2D eigenvalue weighted by Crippen LogP contribution is -2.27. The molecule has 0 aliphatic carbocycles. The first-order valence-corrected chi connectivity index (χ1v) is 10.8. The lowest BCUT2D eigenvalue weighted by Gasteiger charge is -2.18. The van der Waals surface area contributed by atoms with Gasteiger partial charge in [-0.05, 0) is 43.2 Å². The van der Waals surface area contributed by atoms with Crippen LogP contribution in [0.4, 0.5) is 0 Å². The molecule has 30 heavy (non-hydrogen) atoms. The molecule has 4 rings (SSSR count). The van der Waals surface area contributed by atoms with Gasteiger partial charge < -0.3 is 19.5 Å². The summed E-state index contributed by atoms with van der Waals surface area (Å²) in [7, 11) is 0. The topological polar surface area (TPSA) is 69.7 Å². The van der Waals surface area contributed by atoms with Crippen LogP contribution in [0.15, 0.2) is 47.8 Å². The lowest BCUT2D eigenvalue weighted by molar-refractivity contribution is -0.120.